The molecular formula is C17H21N2O7P. The number of nitro groups is 1. The van der Waals surface area contributed by atoms with Crippen molar-refractivity contribution in [3.05, 3.63) is 58.1 Å². The first-order valence-electron chi connectivity index (χ1n) is 7.82. The summed E-state index contributed by atoms with van der Waals surface area (Å²) < 4.78 is 34.1. The van der Waals surface area contributed by atoms with E-state index in [9.17, 15) is 14.7 Å². The van der Waals surface area contributed by atoms with E-state index in [1.54, 1.807) is 18.2 Å². The number of hydrogen-bond acceptors (Lipinski definition) is 8. The van der Waals surface area contributed by atoms with Gasteiger partial charge in [-0.05, 0) is 24.3 Å². The van der Waals surface area contributed by atoms with Crippen LogP contribution >= 0.6 is 7.60 Å². The lowest BCUT2D eigenvalue weighted by Gasteiger charge is -2.27. The third kappa shape index (κ3) is 4.57. The summed E-state index contributed by atoms with van der Waals surface area (Å²) in [5.41, 5.74) is 0.960. The zero-order chi connectivity index (χ0) is 20.0. The first-order chi connectivity index (χ1) is 12.9. The van der Waals surface area contributed by atoms with Gasteiger partial charge in [-0.15, -0.1) is 0 Å². The van der Waals surface area contributed by atoms with Crippen molar-refractivity contribution in [2.75, 3.05) is 33.8 Å². The van der Waals surface area contributed by atoms with Crippen LogP contribution in [0.25, 0.3) is 0 Å². The molecule has 0 bridgehead atoms. The van der Waals surface area contributed by atoms with Gasteiger partial charge in [-0.2, -0.15) is 0 Å². The molecule has 2 rings (SSSR count). The van der Waals surface area contributed by atoms with Gasteiger partial charge in [0.15, 0.2) is 5.78 Å². The van der Waals surface area contributed by atoms with Crippen LogP contribution in [0.2, 0.25) is 0 Å². The Labute approximate surface area is 156 Å². The van der Waals surface area contributed by atoms with Gasteiger partial charge in [0.05, 0.1) is 19.1 Å². The molecule has 0 saturated carbocycles. The van der Waals surface area contributed by atoms with Gasteiger partial charge in [0.25, 0.3) is 5.69 Å². The van der Waals surface area contributed by atoms with E-state index in [4.69, 9.17) is 18.5 Å². The fourth-order valence-corrected chi connectivity index (χ4v) is 3.93. The fourth-order valence-electron chi connectivity index (χ4n) is 2.49. The van der Waals surface area contributed by atoms with Crippen molar-refractivity contribution >= 4 is 19.0 Å². The predicted molar refractivity (Wildman–Crippen MR) is 101 cm³/mol. The molecule has 10 heteroatoms. The molecule has 1 atom stereocenters. The van der Waals surface area contributed by atoms with Crippen LogP contribution in [0.3, 0.4) is 0 Å². The van der Waals surface area contributed by atoms with Crippen LogP contribution in [0.1, 0.15) is 11.3 Å². The molecule has 1 unspecified atom stereocenters. The molecule has 146 valence electrons. The average Bonchev–Trinajstić information content (AvgIpc) is 2.71. The molecule has 0 aliphatic heterocycles. The lowest BCUT2D eigenvalue weighted by molar-refractivity contribution is -0.384. The van der Waals surface area contributed by atoms with Crippen LogP contribution in [0.15, 0.2) is 42.5 Å². The Morgan fingerprint density at radius 2 is 1.63 bits per heavy atom. The van der Waals surface area contributed by atoms with Gasteiger partial charge >= 0.3 is 7.60 Å². The molecule has 0 fully saturated rings. The number of hydrogen-bond donors (Lipinski definition) is 1. The summed E-state index contributed by atoms with van der Waals surface area (Å²) in [5, 5.41) is 13.9. The van der Waals surface area contributed by atoms with E-state index in [1.807, 2.05) is 0 Å². The smallest absolute Gasteiger partial charge is 0.356 e. The summed E-state index contributed by atoms with van der Waals surface area (Å²) in [6, 6.07) is 10.7. The Bertz CT molecular complexity index is 834. The van der Waals surface area contributed by atoms with Crippen LogP contribution < -0.4 is 14.8 Å². The van der Waals surface area contributed by atoms with Crippen molar-refractivity contribution in [1.82, 2.24) is 0 Å². The number of ether oxygens (including phenoxy) is 2. The molecule has 2 aromatic rings. The minimum absolute atomic E-state index is 0.0548. The van der Waals surface area contributed by atoms with Crippen molar-refractivity contribution in [2.24, 2.45) is 0 Å². The van der Waals surface area contributed by atoms with Crippen molar-refractivity contribution in [1.29, 1.82) is 0 Å². The topological polar surface area (TPSA) is 109 Å². The zero-order valence-electron chi connectivity index (χ0n) is 15.4. The van der Waals surface area contributed by atoms with Gasteiger partial charge in [-0.3, -0.25) is 14.7 Å². The second kappa shape index (κ2) is 8.85. The van der Waals surface area contributed by atoms with Gasteiger partial charge in [0, 0.05) is 43.7 Å². The van der Waals surface area contributed by atoms with E-state index in [0.29, 0.717) is 22.7 Å². The molecule has 0 radical (unpaired) electrons. The highest BCUT2D eigenvalue weighted by Crippen LogP contribution is 2.61. The highest BCUT2D eigenvalue weighted by Gasteiger charge is 2.37. The molecule has 0 heterocycles. The molecule has 0 saturated heterocycles. The van der Waals surface area contributed by atoms with E-state index in [0.717, 1.165) is 0 Å². The Balaban J connectivity index is 2.49. The lowest BCUT2D eigenvalue weighted by Crippen LogP contribution is -2.14. The van der Waals surface area contributed by atoms with E-state index < -0.39 is 18.3 Å². The number of nitro benzene ring substituents is 1. The van der Waals surface area contributed by atoms with E-state index in [-0.39, 0.29) is 5.69 Å². The highest BCUT2D eigenvalue weighted by molar-refractivity contribution is 7.54. The molecular weight excluding hydrogens is 375 g/mol. The first-order valence-corrected chi connectivity index (χ1v) is 9.43. The summed E-state index contributed by atoms with van der Waals surface area (Å²) in [7, 11) is 1.93. The summed E-state index contributed by atoms with van der Waals surface area (Å²) in [5.74, 6) is 0.0623. The maximum atomic E-state index is 13.2. The number of rotatable bonds is 9. The van der Waals surface area contributed by atoms with Gasteiger partial charge in [-0.25, -0.2) is 0 Å². The molecule has 0 spiro atoms. The molecule has 1 N–H and O–H groups in total. The number of nitrogens with one attached hydrogen (secondary N) is 1. The van der Waals surface area contributed by atoms with Crippen molar-refractivity contribution in [3.8, 4) is 11.5 Å². The average molecular weight is 396 g/mol. The minimum Gasteiger partial charge on any atom is -0.497 e. The van der Waals surface area contributed by atoms with E-state index >= 15 is 0 Å². The van der Waals surface area contributed by atoms with Crippen LogP contribution in [-0.4, -0.2) is 33.4 Å². The van der Waals surface area contributed by atoms with Gasteiger partial charge in [-0.1, -0.05) is 0 Å². The SMILES string of the molecule is COc1ccc(C(Nc2ccc([N+](=O)[O-])cc2)P(=O)(OC)OC)c(OC)c1. The summed E-state index contributed by atoms with van der Waals surface area (Å²) in [4.78, 5) is 10.3. The highest BCUT2D eigenvalue weighted by atomic mass is 31.2. The van der Waals surface area contributed by atoms with Crippen molar-refractivity contribution in [3.63, 3.8) is 0 Å². The monoisotopic (exact) mass is 396 g/mol. The molecule has 0 amide bonds. The van der Waals surface area contributed by atoms with E-state index in [1.165, 1.54) is 52.7 Å². The number of anilines is 1. The summed E-state index contributed by atoms with van der Waals surface area (Å²) in [6.07, 6.45) is 0. The third-order valence-electron chi connectivity index (χ3n) is 3.94. The quantitative estimate of drug-likeness (QED) is 0.381. The largest absolute Gasteiger partial charge is 0.497 e. The maximum absolute atomic E-state index is 13.2. The summed E-state index contributed by atoms with van der Waals surface area (Å²) in [6.45, 7) is 0. The second-order valence-corrected chi connectivity index (χ2v) is 7.69. The van der Waals surface area contributed by atoms with Crippen molar-refractivity contribution in [2.45, 2.75) is 5.78 Å². The zero-order valence-corrected chi connectivity index (χ0v) is 16.3. The van der Waals surface area contributed by atoms with Crippen LogP contribution in [0.4, 0.5) is 11.4 Å². The Morgan fingerprint density at radius 3 is 2.11 bits per heavy atom. The number of methoxy groups -OCH3 is 2. The van der Waals surface area contributed by atoms with E-state index in [2.05, 4.69) is 5.32 Å². The van der Waals surface area contributed by atoms with Crippen molar-refractivity contribution < 1.29 is 28.0 Å². The van der Waals surface area contributed by atoms with Gasteiger partial charge < -0.3 is 23.8 Å². The van der Waals surface area contributed by atoms with Crippen LogP contribution in [0.5, 0.6) is 11.5 Å². The third-order valence-corrected chi connectivity index (χ3v) is 6.00. The molecule has 0 aliphatic carbocycles. The first kappa shape index (κ1) is 20.7. The number of benzene rings is 2. The van der Waals surface area contributed by atoms with Crippen LogP contribution in [0, 0.1) is 10.1 Å². The normalized spacial score (nSPS) is 12.3. The standard InChI is InChI=1S/C17H21N2O7P/c1-23-14-9-10-15(16(11-14)24-2)17(27(22,25-3)26-4)18-12-5-7-13(8-6-12)19(20)21/h5-11,17-18H,1-4H3. The minimum atomic E-state index is -3.64. The Kier molecular flexibility index (Phi) is 6.79. The molecule has 0 aromatic heterocycles. The van der Waals surface area contributed by atoms with Crippen LogP contribution in [-0.2, 0) is 13.6 Å². The Hall–Kier alpha value is -2.61. The second-order valence-electron chi connectivity index (χ2n) is 5.36. The predicted octanol–water partition coefficient (Wildman–Crippen LogP) is 4.21. The summed E-state index contributed by atoms with van der Waals surface area (Å²) >= 11 is 0. The number of non-ortho nitro benzene ring substituents is 1. The molecule has 9 nitrogen and oxygen atoms in total. The van der Waals surface area contributed by atoms with Gasteiger partial charge in [0.2, 0.25) is 0 Å². The molecule has 27 heavy (non-hydrogen) atoms. The Morgan fingerprint density at radius 1 is 1.00 bits per heavy atom. The molecule has 0 aliphatic rings. The van der Waals surface area contributed by atoms with Gasteiger partial charge in [0.1, 0.15) is 11.5 Å². The fraction of sp³-hybridized carbons (Fsp3) is 0.294. The molecule has 2 aromatic carbocycles. The number of nitrogens with zero attached hydrogens (tertiary/aromatic N) is 1. The lowest BCUT2D eigenvalue weighted by atomic mass is 10.1. The maximum Gasteiger partial charge on any atom is 0.356 e.